The van der Waals surface area contributed by atoms with Gasteiger partial charge in [-0.2, -0.15) is 0 Å². The fourth-order valence-corrected chi connectivity index (χ4v) is 10.9. The molecule has 23 aliphatic rings. The Labute approximate surface area is 456 Å². The monoisotopic (exact) mass is 1190 g/mol. The highest BCUT2D eigenvalue weighted by atomic mass is 16.9. The molecule has 37 nitrogen and oxygen atoms in total. The summed E-state index contributed by atoms with van der Waals surface area (Å²) >= 11 is 0. The third-order valence-corrected chi connectivity index (χ3v) is 15.3. The molecule has 12 bridgehead atoms. The van der Waals surface area contributed by atoms with Gasteiger partial charge in [0, 0.05) is 6.92 Å². The van der Waals surface area contributed by atoms with Gasteiger partial charge in [0.2, 0.25) is 5.91 Å². The maximum atomic E-state index is 12.4. The predicted octanol–water partition coefficient (Wildman–Crippen LogP) is -15.8. The minimum atomic E-state index is -3.47. The van der Waals surface area contributed by atoms with Gasteiger partial charge in [-0.1, -0.05) is 0 Å². The van der Waals surface area contributed by atoms with Gasteiger partial charge in [0.25, 0.3) is 0 Å². The topological polar surface area (TPSA) is 583 Å². The average molecular weight is 1190 g/mol. The summed E-state index contributed by atoms with van der Waals surface area (Å²) in [5.74, 6) is -4.47. The van der Waals surface area contributed by atoms with Crippen molar-refractivity contribution in [1.82, 2.24) is 5.32 Å². The van der Waals surface area contributed by atoms with E-state index in [1.54, 1.807) is 0 Å². The van der Waals surface area contributed by atoms with Gasteiger partial charge < -0.3 is 179 Å². The van der Waals surface area contributed by atoms with Crippen molar-refractivity contribution in [2.24, 2.45) is 0 Å². The van der Waals surface area contributed by atoms with Crippen molar-refractivity contribution in [3.63, 3.8) is 0 Å². The van der Waals surface area contributed by atoms with Gasteiger partial charge in [0.05, 0.1) is 46.2 Å². The van der Waals surface area contributed by atoms with Crippen LogP contribution in [-0.4, -0.2) is 374 Å². The normalized spacial score (nSPS) is 53.9. The molecular weight excluding hydrogens is 1120 g/mol. The molecule has 0 aromatic rings. The summed E-state index contributed by atoms with van der Waals surface area (Å²) in [6.07, 6.45) is -69.7. The second-order valence-corrected chi connectivity index (χ2v) is 20.6. The second kappa shape index (κ2) is 27.0. The Balaban J connectivity index is 1.16. The molecule has 0 saturated carbocycles. The molecule has 23 rings (SSSR count). The molecule has 23 fully saturated rings. The number of carbonyl (C=O) groups is 1. The molecule has 0 aromatic carbocycles. The van der Waals surface area contributed by atoms with E-state index in [-0.39, 0.29) is 0 Å². The third kappa shape index (κ3) is 12.8. The van der Waals surface area contributed by atoms with Crippen LogP contribution in [0.5, 0.6) is 0 Å². The average Bonchev–Trinajstić information content (AvgIpc) is 3.53. The van der Waals surface area contributed by atoms with Crippen LogP contribution in [0, 0.1) is 0 Å². The van der Waals surface area contributed by atoms with Crippen LogP contribution in [0.3, 0.4) is 0 Å². The molecule has 0 aliphatic carbocycles. The van der Waals surface area contributed by atoms with Crippen LogP contribution < -0.4 is 5.32 Å². The molecule has 1 unspecified atom stereocenters. The summed E-state index contributed by atoms with van der Waals surface area (Å²) in [5, 5.41) is 236. The van der Waals surface area contributed by atoms with Crippen LogP contribution >= 0.6 is 0 Å². The number of hydrogen-bond donors (Lipinski definition) is 22. The molecular formula is C44H73NO36. The molecule has 23 heterocycles. The highest BCUT2D eigenvalue weighted by Gasteiger charge is 2.63. The van der Waals surface area contributed by atoms with E-state index in [1.165, 1.54) is 0 Å². The first kappa shape index (κ1) is 65.1. The summed E-state index contributed by atoms with van der Waals surface area (Å²) in [4.78, 5) is 12.4. The van der Waals surface area contributed by atoms with Crippen molar-refractivity contribution in [3.05, 3.63) is 0 Å². The fraction of sp³-hybridized carbons (Fsp3) is 0.977. The Bertz CT molecular complexity index is 2000. The van der Waals surface area contributed by atoms with Gasteiger partial charge in [-0.05, 0) is 0 Å². The quantitative estimate of drug-likeness (QED) is 0.0903. The smallest absolute Gasteiger partial charge is 0.305 e. The van der Waals surface area contributed by atoms with Gasteiger partial charge in [-0.15, -0.1) is 0 Å². The zero-order chi connectivity index (χ0) is 59.3. The molecule has 470 valence electrons. The molecule has 23 saturated heterocycles. The summed E-state index contributed by atoms with van der Waals surface area (Å²) < 4.78 is 80.5. The number of ether oxygens (including phenoxy) is 14. The van der Waals surface area contributed by atoms with Crippen molar-refractivity contribution in [1.29, 1.82) is 0 Å². The van der Waals surface area contributed by atoms with Crippen LogP contribution in [0.25, 0.3) is 0 Å². The number of aliphatic hydroxyl groups excluding tert-OH is 20. The summed E-state index contributed by atoms with van der Waals surface area (Å²) in [7, 11) is 0. The zero-order valence-corrected chi connectivity index (χ0v) is 42.6. The zero-order valence-electron chi connectivity index (χ0n) is 42.6. The molecule has 23 aliphatic heterocycles. The molecule has 81 heavy (non-hydrogen) atoms. The summed E-state index contributed by atoms with van der Waals surface area (Å²) in [5.41, 5.74) is 0. The van der Waals surface area contributed by atoms with Gasteiger partial charge in [-0.25, -0.2) is 0 Å². The standard InChI is InChI=1S/C44H73NO36/c1-9(53)45-37-23(60)17(54)10(2-46)80-44(37,67)81-36-29(66)43-73-16(8-52)35(36)79-42-28(65)22(59)33(14(6-50)72-42)77-40-26(63)20(57)31(12(4-48)70-40)75-38-24(61)18(55)30(11(3-47)68-38)74-39-25(62)19(56)32(13(5-49)69-39)76-41-27(64)21(58)34(78-43)15(7-51)71-41/h10-43,46-52,54-67H,2-8H2,1H3,(H,45,53)/t10-,11-,12-,13-,14-,15-,16-,17+,18-,19-,20-,21-,22-,23+,24-,25-,26-,27-,28-,29-,30-,31-,32-,33-,34-,35+,36-,37-,38-,39-,40-,41-,42-,43-,44?/m1/s1. The van der Waals surface area contributed by atoms with E-state index in [0.717, 1.165) is 6.92 Å². The predicted molar refractivity (Wildman–Crippen MR) is 241 cm³/mol. The number of amides is 1. The SMILES string of the molecule is CC(=O)N[C@@H]1[C@@H](O)[C@@H](O)[C@@H](CO)OC1(O)O[C@@H]1[C@@H](O)[C@H]2O[C@H]3[C@H](O)[C@@H](O)[C@@H](O[C@H]4[C@H](O)[C@@H](O)[C@@H](O[C@H]5[C@H](O)[C@@H](O)[C@@H](O[C@H]6[C@H](O)[C@@H](O)[C@@H](O[C@H]7[C@H](O)[C@@H](O)[C@@H](O[C@H]1[C@@H](CO)O2)O[C@@H]7CO)O[C@@H]6CO)O[C@@H]5CO)O[C@@H]4CO)O[C@@H]3CO. The van der Waals surface area contributed by atoms with Crippen molar-refractivity contribution < 1.29 is 178 Å². The van der Waals surface area contributed by atoms with E-state index in [1.807, 2.05) is 0 Å². The Kier molecular flexibility index (Phi) is 21.7. The fourth-order valence-electron chi connectivity index (χ4n) is 10.9. The molecule has 0 aromatic heterocycles. The van der Waals surface area contributed by atoms with E-state index >= 15 is 0 Å². The van der Waals surface area contributed by atoms with E-state index in [4.69, 9.17) is 66.3 Å². The second-order valence-electron chi connectivity index (χ2n) is 20.6. The maximum absolute atomic E-state index is 12.4. The Morgan fingerprint density at radius 2 is 0.593 bits per heavy atom. The van der Waals surface area contributed by atoms with Gasteiger partial charge in [0.15, 0.2) is 37.7 Å². The number of carbonyl (C=O) groups excluding carboxylic acids is 1. The van der Waals surface area contributed by atoms with Crippen molar-refractivity contribution >= 4 is 5.91 Å². The van der Waals surface area contributed by atoms with Crippen LogP contribution in [0.2, 0.25) is 0 Å². The van der Waals surface area contributed by atoms with Crippen LogP contribution in [0.15, 0.2) is 0 Å². The first-order valence-electron chi connectivity index (χ1n) is 25.7. The van der Waals surface area contributed by atoms with E-state index in [9.17, 15) is 112 Å². The van der Waals surface area contributed by atoms with Crippen molar-refractivity contribution in [2.45, 2.75) is 221 Å². The molecule has 1 amide bonds. The van der Waals surface area contributed by atoms with Crippen LogP contribution in [0.1, 0.15) is 6.92 Å². The minimum absolute atomic E-state index is 0.899. The summed E-state index contributed by atoms with van der Waals surface area (Å²) in [6.45, 7) is -6.97. The first-order chi connectivity index (χ1) is 38.4. The highest BCUT2D eigenvalue weighted by Crippen LogP contribution is 2.41. The molecule has 35 atom stereocenters. The van der Waals surface area contributed by atoms with Gasteiger partial charge in [-0.3, -0.25) is 4.79 Å². The Morgan fingerprint density at radius 1 is 0.346 bits per heavy atom. The molecule has 22 N–H and O–H groups in total. The van der Waals surface area contributed by atoms with Crippen LogP contribution in [0.4, 0.5) is 0 Å². The lowest BCUT2D eigenvalue weighted by atomic mass is 9.93. The number of aliphatic hydroxyl groups is 21. The van der Waals surface area contributed by atoms with E-state index in [2.05, 4.69) is 5.32 Å². The lowest BCUT2D eigenvalue weighted by molar-refractivity contribution is -0.464. The molecule has 0 spiro atoms. The van der Waals surface area contributed by atoms with Gasteiger partial charge in [0.1, 0.15) is 171 Å². The van der Waals surface area contributed by atoms with E-state index in [0.29, 0.717) is 0 Å². The first-order valence-corrected chi connectivity index (χ1v) is 25.7. The number of rotatable bonds is 10. The number of nitrogens with one attached hydrogen (secondary N) is 1. The lowest BCUT2D eigenvalue weighted by Crippen LogP contribution is -2.74. The third-order valence-electron chi connectivity index (χ3n) is 15.3. The summed E-state index contributed by atoms with van der Waals surface area (Å²) in [6, 6.07) is -2.23. The lowest BCUT2D eigenvalue weighted by Gasteiger charge is -2.53. The Morgan fingerprint density at radius 3 is 0.852 bits per heavy atom. The van der Waals surface area contributed by atoms with Crippen molar-refractivity contribution in [2.75, 3.05) is 46.2 Å². The van der Waals surface area contributed by atoms with Crippen LogP contribution in [-0.2, 0) is 71.1 Å². The molecule has 37 heteroatoms. The van der Waals surface area contributed by atoms with Gasteiger partial charge >= 0.3 is 5.97 Å². The Hall–Kier alpha value is -1.93. The molecule has 0 radical (unpaired) electrons. The van der Waals surface area contributed by atoms with Crippen molar-refractivity contribution in [3.8, 4) is 0 Å². The highest BCUT2D eigenvalue weighted by molar-refractivity contribution is 5.73. The van der Waals surface area contributed by atoms with E-state index < -0.39 is 267 Å². The maximum Gasteiger partial charge on any atom is 0.305 e. The minimum Gasteiger partial charge on any atom is -0.394 e. The largest absolute Gasteiger partial charge is 0.394 e. The number of hydrogen-bond acceptors (Lipinski definition) is 36.